The normalized spacial score (nSPS) is 15.7. The lowest BCUT2D eigenvalue weighted by atomic mass is 9.84. The standard InChI is InChI=1S/C20H17FN2O2/c1-13-5-4-6-14(11-13)20(9-10-20)18(24)15(12-22)19(25)23-17-8-3-2-7-16(17)21/h2-8,11,15H,9-10H2,1H3,(H,23,25)/t15-/m0/s1. The number of benzene rings is 2. The van der Waals surface area contributed by atoms with Gasteiger partial charge < -0.3 is 5.32 Å². The summed E-state index contributed by atoms with van der Waals surface area (Å²) in [4.78, 5) is 25.3. The van der Waals surface area contributed by atoms with Gasteiger partial charge in [-0.15, -0.1) is 0 Å². The van der Waals surface area contributed by atoms with Gasteiger partial charge in [0.25, 0.3) is 0 Å². The summed E-state index contributed by atoms with van der Waals surface area (Å²) >= 11 is 0. The zero-order valence-electron chi connectivity index (χ0n) is 13.8. The van der Waals surface area contributed by atoms with Crippen LogP contribution in [0.15, 0.2) is 48.5 Å². The molecular weight excluding hydrogens is 319 g/mol. The highest BCUT2D eigenvalue weighted by Gasteiger charge is 2.54. The van der Waals surface area contributed by atoms with Crippen LogP contribution in [0.25, 0.3) is 0 Å². The van der Waals surface area contributed by atoms with Gasteiger partial charge in [-0.05, 0) is 37.5 Å². The Hall–Kier alpha value is -3.00. The molecule has 126 valence electrons. The third kappa shape index (κ3) is 3.16. The van der Waals surface area contributed by atoms with E-state index in [-0.39, 0.29) is 5.69 Å². The van der Waals surface area contributed by atoms with Crippen LogP contribution in [0, 0.1) is 30.0 Å². The number of halogens is 1. The number of nitriles is 1. The highest BCUT2D eigenvalue weighted by Crippen LogP contribution is 2.50. The number of amides is 1. The van der Waals surface area contributed by atoms with E-state index in [0.29, 0.717) is 12.8 Å². The van der Waals surface area contributed by atoms with Crippen LogP contribution in [0.5, 0.6) is 0 Å². The van der Waals surface area contributed by atoms with E-state index < -0.39 is 28.8 Å². The van der Waals surface area contributed by atoms with E-state index in [1.54, 1.807) is 12.1 Å². The zero-order chi connectivity index (χ0) is 18.0. The molecule has 25 heavy (non-hydrogen) atoms. The first-order valence-electron chi connectivity index (χ1n) is 8.04. The molecule has 1 amide bonds. The van der Waals surface area contributed by atoms with E-state index in [1.807, 2.05) is 31.2 Å². The number of hydrogen-bond acceptors (Lipinski definition) is 3. The molecule has 0 unspecified atom stereocenters. The molecule has 0 spiro atoms. The fourth-order valence-electron chi connectivity index (χ4n) is 3.03. The molecule has 1 N–H and O–H groups in total. The lowest BCUT2D eigenvalue weighted by Crippen LogP contribution is -2.36. The highest BCUT2D eigenvalue weighted by molar-refractivity contribution is 6.13. The summed E-state index contributed by atoms with van der Waals surface area (Å²) < 4.78 is 13.7. The Bertz CT molecular complexity index is 881. The fraction of sp³-hybridized carbons (Fsp3) is 0.250. The number of carbonyl (C=O) groups is 2. The maximum Gasteiger partial charge on any atom is 0.249 e. The number of anilines is 1. The molecule has 1 atom stereocenters. The summed E-state index contributed by atoms with van der Waals surface area (Å²) in [6.45, 7) is 1.93. The lowest BCUT2D eigenvalue weighted by molar-refractivity contribution is -0.130. The van der Waals surface area contributed by atoms with Gasteiger partial charge in [0.15, 0.2) is 11.7 Å². The van der Waals surface area contributed by atoms with Crippen molar-refractivity contribution >= 4 is 17.4 Å². The second-order valence-electron chi connectivity index (χ2n) is 6.35. The summed E-state index contributed by atoms with van der Waals surface area (Å²) in [6.07, 6.45) is 1.22. The van der Waals surface area contributed by atoms with Gasteiger partial charge in [0.2, 0.25) is 5.91 Å². The second-order valence-corrected chi connectivity index (χ2v) is 6.35. The quantitative estimate of drug-likeness (QED) is 0.850. The Labute approximate surface area is 145 Å². The van der Waals surface area contributed by atoms with E-state index in [4.69, 9.17) is 0 Å². The summed E-state index contributed by atoms with van der Waals surface area (Å²) in [7, 11) is 0. The van der Waals surface area contributed by atoms with Crippen molar-refractivity contribution in [2.24, 2.45) is 5.92 Å². The van der Waals surface area contributed by atoms with Crippen molar-refractivity contribution in [3.63, 3.8) is 0 Å². The van der Waals surface area contributed by atoms with E-state index >= 15 is 0 Å². The van der Waals surface area contributed by atoms with Crippen molar-refractivity contribution in [2.75, 3.05) is 5.32 Å². The molecule has 1 aliphatic carbocycles. The first kappa shape index (κ1) is 16.8. The van der Waals surface area contributed by atoms with Gasteiger partial charge in [0.05, 0.1) is 17.2 Å². The molecular formula is C20H17FN2O2. The maximum atomic E-state index is 13.7. The molecule has 0 radical (unpaired) electrons. The molecule has 3 rings (SSSR count). The molecule has 4 nitrogen and oxygen atoms in total. The average Bonchev–Trinajstić information content (AvgIpc) is 3.39. The number of aryl methyl sites for hydroxylation is 1. The smallest absolute Gasteiger partial charge is 0.249 e. The van der Waals surface area contributed by atoms with E-state index in [9.17, 15) is 19.2 Å². The van der Waals surface area contributed by atoms with E-state index in [0.717, 1.165) is 11.1 Å². The molecule has 0 aliphatic heterocycles. The third-order valence-electron chi connectivity index (χ3n) is 4.58. The largest absolute Gasteiger partial charge is 0.322 e. The van der Waals surface area contributed by atoms with Crippen molar-refractivity contribution in [3.8, 4) is 6.07 Å². The van der Waals surface area contributed by atoms with Crippen molar-refractivity contribution in [3.05, 3.63) is 65.5 Å². The Balaban J connectivity index is 1.84. The fourth-order valence-corrected chi connectivity index (χ4v) is 3.03. The predicted molar refractivity (Wildman–Crippen MR) is 91.2 cm³/mol. The van der Waals surface area contributed by atoms with Crippen LogP contribution in [-0.4, -0.2) is 11.7 Å². The molecule has 1 fully saturated rings. The van der Waals surface area contributed by atoms with Crippen LogP contribution >= 0.6 is 0 Å². The van der Waals surface area contributed by atoms with Gasteiger partial charge in [-0.1, -0.05) is 42.0 Å². The monoisotopic (exact) mass is 336 g/mol. The van der Waals surface area contributed by atoms with Crippen LogP contribution in [0.3, 0.4) is 0 Å². The van der Waals surface area contributed by atoms with Crippen molar-refractivity contribution in [1.82, 2.24) is 0 Å². The first-order valence-corrected chi connectivity index (χ1v) is 8.04. The van der Waals surface area contributed by atoms with Crippen LogP contribution in [0.4, 0.5) is 10.1 Å². The van der Waals surface area contributed by atoms with Gasteiger partial charge in [-0.3, -0.25) is 9.59 Å². The topological polar surface area (TPSA) is 70.0 Å². The van der Waals surface area contributed by atoms with Crippen molar-refractivity contribution in [1.29, 1.82) is 5.26 Å². The summed E-state index contributed by atoms with van der Waals surface area (Å²) in [6, 6.07) is 15.0. The first-order chi connectivity index (χ1) is 12.0. The summed E-state index contributed by atoms with van der Waals surface area (Å²) in [5, 5.41) is 11.7. The summed E-state index contributed by atoms with van der Waals surface area (Å²) in [5.74, 6) is -3.30. The highest BCUT2D eigenvalue weighted by atomic mass is 19.1. The van der Waals surface area contributed by atoms with Gasteiger partial charge >= 0.3 is 0 Å². The average molecular weight is 336 g/mol. The molecule has 2 aromatic rings. The van der Waals surface area contributed by atoms with Crippen LogP contribution in [0.2, 0.25) is 0 Å². The van der Waals surface area contributed by atoms with E-state index in [2.05, 4.69) is 5.32 Å². The Morgan fingerprint density at radius 1 is 1.20 bits per heavy atom. The van der Waals surface area contributed by atoms with Gasteiger partial charge in [0.1, 0.15) is 5.82 Å². The van der Waals surface area contributed by atoms with Crippen LogP contribution in [0.1, 0.15) is 24.0 Å². The van der Waals surface area contributed by atoms with Gasteiger partial charge in [-0.25, -0.2) is 4.39 Å². The number of nitrogens with zero attached hydrogens (tertiary/aromatic N) is 1. The number of para-hydroxylation sites is 1. The molecule has 2 aromatic carbocycles. The van der Waals surface area contributed by atoms with Crippen LogP contribution in [-0.2, 0) is 15.0 Å². The number of rotatable bonds is 5. The Kier molecular flexibility index (Phi) is 4.37. The minimum Gasteiger partial charge on any atom is -0.322 e. The maximum absolute atomic E-state index is 13.7. The number of Topliss-reactive ketones (excluding diaryl/α,β-unsaturated/α-hetero) is 1. The molecule has 1 aliphatic rings. The summed E-state index contributed by atoms with van der Waals surface area (Å²) in [5.41, 5.74) is 1.03. The third-order valence-corrected chi connectivity index (χ3v) is 4.58. The van der Waals surface area contributed by atoms with Crippen LogP contribution < -0.4 is 5.32 Å². The second kappa shape index (κ2) is 6.48. The molecule has 0 heterocycles. The molecule has 0 bridgehead atoms. The number of ketones is 1. The molecule has 0 aromatic heterocycles. The minimum absolute atomic E-state index is 0.0408. The number of hydrogen-bond donors (Lipinski definition) is 1. The lowest BCUT2D eigenvalue weighted by Gasteiger charge is -2.18. The van der Waals surface area contributed by atoms with Crippen molar-refractivity contribution < 1.29 is 14.0 Å². The molecule has 0 saturated heterocycles. The number of nitrogens with one attached hydrogen (secondary N) is 1. The van der Waals surface area contributed by atoms with Crippen molar-refractivity contribution in [2.45, 2.75) is 25.2 Å². The van der Waals surface area contributed by atoms with E-state index in [1.165, 1.54) is 18.2 Å². The number of carbonyl (C=O) groups excluding carboxylic acids is 2. The Morgan fingerprint density at radius 3 is 2.52 bits per heavy atom. The Morgan fingerprint density at radius 2 is 1.92 bits per heavy atom. The minimum atomic E-state index is -1.47. The van der Waals surface area contributed by atoms with Gasteiger partial charge in [-0.2, -0.15) is 5.26 Å². The molecule has 5 heteroatoms. The SMILES string of the molecule is Cc1cccc(C2(C(=O)[C@H](C#N)C(=O)Nc3ccccc3F)CC2)c1. The predicted octanol–water partition coefficient (Wildman–Crippen LogP) is 3.51. The zero-order valence-corrected chi connectivity index (χ0v) is 13.8. The van der Waals surface area contributed by atoms with Gasteiger partial charge in [0, 0.05) is 0 Å². The molecule has 1 saturated carbocycles.